The molecular weight excluding hydrogens is 352 g/mol. The van der Waals surface area contributed by atoms with Crippen LogP contribution in [-0.4, -0.2) is 61.6 Å². The van der Waals surface area contributed by atoms with Gasteiger partial charge in [-0.2, -0.15) is 0 Å². The minimum atomic E-state index is -0.0564. The molecule has 0 saturated carbocycles. The van der Waals surface area contributed by atoms with Crippen molar-refractivity contribution in [3.05, 3.63) is 35.4 Å². The number of likely N-dealkylation sites (tertiary alicyclic amines) is 2. The van der Waals surface area contributed by atoms with Crippen LogP contribution in [0.1, 0.15) is 43.7 Å². The lowest BCUT2D eigenvalue weighted by Crippen LogP contribution is -2.46. The summed E-state index contributed by atoms with van der Waals surface area (Å²) in [4.78, 5) is 21.1. The Morgan fingerprint density at radius 3 is 2.36 bits per heavy atom. The Morgan fingerprint density at radius 2 is 1.75 bits per heavy atom. The average Bonchev–Trinajstić information content (AvgIpc) is 3.23. The summed E-state index contributed by atoms with van der Waals surface area (Å²) in [5.74, 6) is 0.875. The van der Waals surface area contributed by atoms with Crippen molar-refractivity contribution in [2.45, 2.75) is 45.7 Å². The Bertz CT molecular complexity index is 645. The second-order valence-electron chi connectivity index (χ2n) is 7.71. The normalized spacial score (nSPS) is 19.1. The van der Waals surface area contributed by atoms with E-state index >= 15 is 0 Å². The third-order valence-electron chi connectivity index (χ3n) is 5.70. The summed E-state index contributed by atoms with van der Waals surface area (Å²) in [5, 5.41) is 3.47. The van der Waals surface area contributed by atoms with Crippen LogP contribution in [0.5, 0.6) is 0 Å². The number of piperidine rings is 1. The molecule has 6 heteroatoms. The first-order valence-corrected chi connectivity index (χ1v) is 10.6. The monoisotopic (exact) mass is 386 g/mol. The number of guanidine groups is 1. The Labute approximate surface area is 168 Å². The van der Waals surface area contributed by atoms with Crippen molar-refractivity contribution in [3.8, 4) is 0 Å². The van der Waals surface area contributed by atoms with Crippen molar-refractivity contribution >= 4 is 11.9 Å². The lowest BCUT2D eigenvalue weighted by molar-refractivity contribution is -0.149. The van der Waals surface area contributed by atoms with E-state index in [4.69, 9.17) is 4.74 Å². The molecule has 0 amide bonds. The summed E-state index contributed by atoms with van der Waals surface area (Å²) in [6, 6.07) is 8.89. The van der Waals surface area contributed by atoms with Gasteiger partial charge >= 0.3 is 5.97 Å². The lowest BCUT2D eigenvalue weighted by atomic mass is 9.97. The molecule has 0 aromatic heterocycles. The van der Waals surface area contributed by atoms with Crippen molar-refractivity contribution < 1.29 is 9.53 Å². The van der Waals surface area contributed by atoms with Crippen LogP contribution in [0, 0.1) is 5.92 Å². The minimum Gasteiger partial charge on any atom is -0.466 e. The van der Waals surface area contributed by atoms with E-state index in [2.05, 4.69) is 44.4 Å². The smallest absolute Gasteiger partial charge is 0.309 e. The number of aliphatic imine (C=N–C) groups is 1. The Morgan fingerprint density at radius 1 is 1.11 bits per heavy atom. The van der Waals surface area contributed by atoms with Crippen molar-refractivity contribution in [1.29, 1.82) is 0 Å². The number of nitrogens with one attached hydrogen (secondary N) is 1. The predicted octanol–water partition coefficient (Wildman–Crippen LogP) is 2.63. The largest absolute Gasteiger partial charge is 0.466 e. The first-order chi connectivity index (χ1) is 13.7. The van der Waals surface area contributed by atoms with E-state index in [1.807, 2.05) is 14.0 Å². The number of hydrogen-bond acceptors (Lipinski definition) is 4. The Kier molecular flexibility index (Phi) is 7.71. The molecule has 154 valence electrons. The summed E-state index contributed by atoms with van der Waals surface area (Å²) in [7, 11) is 1.82. The van der Waals surface area contributed by atoms with E-state index in [0.717, 1.165) is 45.0 Å². The van der Waals surface area contributed by atoms with Crippen LogP contribution >= 0.6 is 0 Å². The van der Waals surface area contributed by atoms with Crippen molar-refractivity contribution in [3.63, 3.8) is 0 Å². The molecule has 0 atom stereocenters. The molecular formula is C22H34N4O2. The highest BCUT2D eigenvalue weighted by Crippen LogP contribution is 2.19. The fourth-order valence-electron chi connectivity index (χ4n) is 4.06. The molecule has 0 unspecified atom stereocenters. The molecule has 0 spiro atoms. The standard InChI is InChI=1S/C22H34N4O2/c1-3-28-21(27)20-10-14-26(15-11-20)22(23-2)24-16-18-6-8-19(9-7-18)17-25-12-4-5-13-25/h6-9,20H,3-5,10-17H2,1-2H3,(H,23,24). The highest BCUT2D eigenvalue weighted by molar-refractivity contribution is 5.80. The van der Waals surface area contributed by atoms with Gasteiger partial charge < -0.3 is 15.0 Å². The van der Waals surface area contributed by atoms with E-state index in [1.54, 1.807) is 0 Å². The van der Waals surface area contributed by atoms with Gasteiger partial charge in [0, 0.05) is 33.2 Å². The van der Waals surface area contributed by atoms with Crippen molar-refractivity contribution in [1.82, 2.24) is 15.1 Å². The van der Waals surface area contributed by atoms with Crippen molar-refractivity contribution in [2.75, 3.05) is 39.8 Å². The number of ether oxygens (including phenoxy) is 1. The summed E-state index contributed by atoms with van der Waals surface area (Å²) in [5.41, 5.74) is 2.64. The average molecular weight is 387 g/mol. The SMILES string of the molecule is CCOC(=O)C1CCN(C(=NC)NCc2ccc(CN3CCCC3)cc2)CC1. The third kappa shape index (κ3) is 5.71. The summed E-state index contributed by atoms with van der Waals surface area (Å²) < 4.78 is 5.15. The maximum atomic E-state index is 11.9. The summed E-state index contributed by atoms with van der Waals surface area (Å²) in [6.45, 7) is 8.25. The number of benzene rings is 1. The molecule has 2 fully saturated rings. The van der Waals surface area contributed by atoms with E-state index in [0.29, 0.717) is 6.61 Å². The second kappa shape index (κ2) is 10.5. The molecule has 6 nitrogen and oxygen atoms in total. The van der Waals surface area contributed by atoms with Gasteiger partial charge in [-0.3, -0.25) is 14.7 Å². The number of esters is 1. The molecule has 3 rings (SSSR count). The van der Waals surface area contributed by atoms with Gasteiger partial charge in [0.1, 0.15) is 0 Å². The lowest BCUT2D eigenvalue weighted by Gasteiger charge is -2.33. The van der Waals surface area contributed by atoms with Crippen LogP contribution in [0.15, 0.2) is 29.3 Å². The Hall–Kier alpha value is -2.08. The van der Waals surface area contributed by atoms with Crippen LogP contribution in [0.2, 0.25) is 0 Å². The van der Waals surface area contributed by atoms with E-state index < -0.39 is 0 Å². The van der Waals surface area contributed by atoms with Gasteiger partial charge in [0.05, 0.1) is 12.5 Å². The molecule has 2 saturated heterocycles. The maximum Gasteiger partial charge on any atom is 0.309 e. The zero-order valence-corrected chi connectivity index (χ0v) is 17.3. The van der Waals surface area contributed by atoms with Crippen LogP contribution in [0.4, 0.5) is 0 Å². The van der Waals surface area contributed by atoms with Crippen LogP contribution in [0.3, 0.4) is 0 Å². The zero-order chi connectivity index (χ0) is 19.8. The van der Waals surface area contributed by atoms with Gasteiger partial charge in [-0.25, -0.2) is 0 Å². The quantitative estimate of drug-likeness (QED) is 0.463. The van der Waals surface area contributed by atoms with Gasteiger partial charge in [-0.15, -0.1) is 0 Å². The number of nitrogens with zero attached hydrogens (tertiary/aromatic N) is 3. The third-order valence-corrected chi connectivity index (χ3v) is 5.70. The van der Waals surface area contributed by atoms with Crippen molar-refractivity contribution in [2.24, 2.45) is 10.9 Å². The number of rotatable bonds is 6. The van der Waals surface area contributed by atoms with Gasteiger partial charge in [0.2, 0.25) is 0 Å². The topological polar surface area (TPSA) is 57.2 Å². The minimum absolute atomic E-state index is 0.0254. The van der Waals surface area contributed by atoms with Gasteiger partial charge in [-0.1, -0.05) is 24.3 Å². The van der Waals surface area contributed by atoms with Crippen LogP contribution < -0.4 is 5.32 Å². The Balaban J connectivity index is 1.44. The van der Waals surface area contributed by atoms with Crippen LogP contribution in [-0.2, 0) is 22.6 Å². The first-order valence-electron chi connectivity index (χ1n) is 10.6. The number of hydrogen-bond donors (Lipinski definition) is 1. The highest BCUT2D eigenvalue weighted by Gasteiger charge is 2.27. The van der Waals surface area contributed by atoms with Gasteiger partial charge in [0.25, 0.3) is 0 Å². The van der Waals surface area contributed by atoms with Gasteiger partial charge in [-0.05, 0) is 56.8 Å². The molecule has 1 aromatic rings. The molecule has 1 N–H and O–H groups in total. The van der Waals surface area contributed by atoms with Crippen LogP contribution in [0.25, 0.3) is 0 Å². The molecule has 2 aliphatic rings. The first kappa shape index (κ1) is 20.6. The number of carbonyl (C=O) groups is 1. The van der Waals surface area contributed by atoms with E-state index in [1.165, 1.54) is 37.1 Å². The zero-order valence-electron chi connectivity index (χ0n) is 17.3. The highest BCUT2D eigenvalue weighted by atomic mass is 16.5. The summed E-state index contributed by atoms with van der Waals surface area (Å²) in [6.07, 6.45) is 4.31. The fraction of sp³-hybridized carbons (Fsp3) is 0.636. The molecule has 0 aliphatic carbocycles. The predicted molar refractivity (Wildman–Crippen MR) is 112 cm³/mol. The molecule has 1 aromatic carbocycles. The maximum absolute atomic E-state index is 11.9. The number of carbonyl (C=O) groups excluding carboxylic acids is 1. The summed E-state index contributed by atoms with van der Waals surface area (Å²) >= 11 is 0. The molecule has 2 aliphatic heterocycles. The molecule has 0 radical (unpaired) electrons. The van der Waals surface area contributed by atoms with E-state index in [9.17, 15) is 4.79 Å². The van der Waals surface area contributed by atoms with Gasteiger partial charge in [0.15, 0.2) is 5.96 Å². The second-order valence-corrected chi connectivity index (χ2v) is 7.71. The molecule has 2 heterocycles. The molecule has 0 bridgehead atoms. The fourth-order valence-corrected chi connectivity index (χ4v) is 4.06. The van der Waals surface area contributed by atoms with E-state index in [-0.39, 0.29) is 11.9 Å². The molecule has 28 heavy (non-hydrogen) atoms.